The third-order valence-corrected chi connectivity index (χ3v) is 2.48. The van der Waals surface area contributed by atoms with Crippen molar-refractivity contribution in [3.63, 3.8) is 0 Å². The van der Waals surface area contributed by atoms with E-state index in [4.69, 9.17) is 0 Å². The molecule has 0 aliphatic carbocycles. The second-order valence-corrected chi connectivity index (χ2v) is 3.56. The van der Waals surface area contributed by atoms with Crippen molar-refractivity contribution in [1.29, 1.82) is 0 Å². The van der Waals surface area contributed by atoms with Gasteiger partial charge in [-0.1, -0.05) is 30.0 Å². The predicted molar refractivity (Wildman–Crippen MR) is 52.6 cm³/mol. The molecular weight excluding hydrogens is 180 g/mol. The second kappa shape index (κ2) is 4.05. The summed E-state index contributed by atoms with van der Waals surface area (Å²) in [5.74, 6) is 0. The molecule has 13 heavy (non-hydrogen) atoms. The quantitative estimate of drug-likeness (QED) is 0.677. The molecule has 2 nitrogen and oxygen atoms in total. The first-order chi connectivity index (χ1) is 6.45. The van der Waals surface area contributed by atoms with Crippen LogP contribution in [0.15, 0.2) is 58.8 Å². The van der Waals surface area contributed by atoms with E-state index in [-0.39, 0.29) is 0 Å². The van der Waals surface area contributed by atoms with Crippen LogP contribution in [0.2, 0.25) is 0 Å². The lowest BCUT2D eigenvalue weighted by atomic mass is 10.4. The average Bonchev–Trinajstić information content (AvgIpc) is 2.21. The van der Waals surface area contributed by atoms with Crippen LogP contribution in [0.3, 0.4) is 0 Å². The van der Waals surface area contributed by atoms with Crippen molar-refractivity contribution in [2.45, 2.75) is 9.92 Å². The van der Waals surface area contributed by atoms with E-state index in [2.05, 4.69) is 22.1 Å². The molecule has 0 saturated heterocycles. The summed E-state index contributed by atoms with van der Waals surface area (Å²) in [5, 5.41) is 0.973. The Bertz CT molecular complexity index is 324. The molecule has 0 N–H and O–H groups in total. The van der Waals surface area contributed by atoms with E-state index in [1.807, 2.05) is 24.3 Å². The molecule has 0 saturated carbocycles. The molecule has 2 aromatic rings. The van der Waals surface area contributed by atoms with Crippen molar-refractivity contribution in [3.05, 3.63) is 48.9 Å². The van der Waals surface area contributed by atoms with Crippen LogP contribution >= 0.6 is 11.8 Å². The van der Waals surface area contributed by atoms with Gasteiger partial charge < -0.3 is 0 Å². The fourth-order valence-electron chi connectivity index (χ4n) is 0.948. The lowest BCUT2D eigenvalue weighted by Crippen LogP contribution is -1.79. The van der Waals surface area contributed by atoms with E-state index in [0.29, 0.717) is 0 Å². The van der Waals surface area contributed by atoms with Crippen LogP contribution in [0.5, 0.6) is 0 Å². The van der Waals surface area contributed by atoms with Crippen LogP contribution < -0.4 is 0 Å². The smallest absolute Gasteiger partial charge is 0.116 e. The first-order valence-electron chi connectivity index (χ1n) is 3.94. The monoisotopic (exact) mass is 188 g/mol. The van der Waals surface area contributed by atoms with E-state index >= 15 is 0 Å². The number of aromatic nitrogens is 2. The zero-order chi connectivity index (χ0) is 8.93. The van der Waals surface area contributed by atoms with E-state index in [0.717, 1.165) is 5.03 Å². The van der Waals surface area contributed by atoms with Crippen LogP contribution in [0, 0.1) is 0 Å². The summed E-state index contributed by atoms with van der Waals surface area (Å²) < 4.78 is 0. The molecule has 0 aliphatic heterocycles. The maximum Gasteiger partial charge on any atom is 0.116 e. The summed E-state index contributed by atoms with van der Waals surface area (Å²) in [6.45, 7) is 0. The Labute approximate surface area is 81.1 Å². The molecule has 0 unspecified atom stereocenters. The van der Waals surface area contributed by atoms with Gasteiger partial charge in [0.15, 0.2) is 0 Å². The van der Waals surface area contributed by atoms with Gasteiger partial charge in [-0.25, -0.2) is 9.97 Å². The summed E-state index contributed by atoms with van der Waals surface area (Å²) >= 11 is 1.64. The van der Waals surface area contributed by atoms with Gasteiger partial charge >= 0.3 is 0 Å². The molecule has 3 heteroatoms. The van der Waals surface area contributed by atoms with Crippen molar-refractivity contribution in [2.24, 2.45) is 0 Å². The highest BCUT2D eigenvalue weighted by Crippen LogP contribution is 2.24. The highest BCUT2D eigenvalue weighted by atomic mass is 32.2. The van der Waals surface area contributed by atoms with Crippen molar-refractivity contribution < 1.29 is 0 Å². The van der Waals surface area contributed by atoms with Crippen LogP contribution in [0.1, 0.15) is 0 Å². The van der Waals surface area contributed by atoms with Crippen LogP contribution in [0.4, 0.5) is 0 Å². The van der Waals surface area contributed by atoms with Gasteiger partial charge in [0.2, 0.25) is 0 Å². The van der Waals surface area contributed by atoms with Crippen molar-refractivity contribution in [1.82, 2.24) is 9.97 Å². The van der Waals surface area contributed by atoms with Gasteiger partial charge in [-0.2, -0.15) is 0 Å². The minimum atomic E-state index is 0.973. The fourth-order valence-corrected chi connectivity index (χ4v) is 1.71. The molecule has 1 aromatic heterocycles. The minimum absolute atomic E-state index is 0.973. The summed E-state index contributed by atoms with van der Waals surface area (Å²) in [6, 6.07) is 12.1. The molecular formula is C10H8N2S. The third kappa shape index (κ3) is 2.29. The Hall–Kier alpha value is -1.35. The van der Waals surface area contributed by atoms with Gasteiger partial charge in [0.1, 0.15) is 11.4 Å². The van der Waals surface area contributed by atoms with Gasteiger partial charge in [0.25, 0.3) is 0 Å². The van der Waals surface area contributed by atoms with Crippen molar-refractivity contribution in [2.75, 3.05) is 0 Å². The Morgan fingerprint density at radius 1 is 1.00 bits per heavy atom. The number of rotatable bonds is 2. The first kappa shape index (κ1) is 8.26. The molecule has 64 valence electrons. The van der Waals surface area contributed by atoms with E-state index in [1.54, 1.807) is 24.3 Å². The van der Waals surface area contributed by atoms with Gasteiger partial charge in [-0.3, -0.25) is 0 Å². The topological polar surface area (TPSA) is 25.8 Å². The highest BCUT2D eigenvalue weighted by molar-refractivity contribution is 7.99. The molecule has 0 fully saturated rings. The first-order valence-corrected chi connectivity index (χ1v) is 4.76. The lowest BCUT2D eigenvalue weighted by Gasteiger charge is -1.97. The molecule has 0 bridgehead atoms. The van der Waals surface area contributed by atoms with E-state index in [9.17, 15) is 0 Å². The molecule has 0 amide bonds. The summed E-state index contributed by atoms with van der Waals surface area (Å²) in [5.41, 5.74) is 0. The zero-order valence-corrected chi connectivity index (χ0v) is 7.74. The highest BCUT2D eigenvalue weighted by Gasteiger charge is 1.95. The Morgan fingerprint density at radius 3 is 2.54 bits per heavy atom. The maximum atomic E-state index is 4.13. The fraction of sp³-hybridized carbons (Fsp3) is 0. The zero-order valence-electron chi connectivity index (χ0n) is 6.92. The summed E-state index contributed by atoms with van der Waals surface area (Å²) in [4.78, 5) is 9.18. The molecule has 0 radical (unpaired) electrons. The molecule has 2 rings (SSSR count). The molecule has 1 aromatic carbocycles. The normalized spacial score (nSPS) is 9.85. The van der Waals surface area contributed by atoms with Gasteiger partial charge in [0, 0.05) is 11.1 Å². The molecule has 0 atom stereocenters. The van der Waals surface area contributed by atoms with E-state index < -0.39 is 0 Å². The van der Waals surface area contributed by atoms with Crippen LogP contribution in [-0.4, -0.2) is 9.97 Å². The Balaban J connectivity index is 2.16. The maximum absolute atomic E-state index is 4.13. The van der Waals surface area contributed by atoms with Gasteiger partial charge in [-0.15, -0.1) is 0 Å². The standard InChI is InChI=1S/C10H8N2S/c1-2-4-9(5-3-1)13-10-6-7-11-8-12-10/h1-8H. The number of hydrogen-bond acceptors (Lipinski definition) is 3. The summed E-state index contributed by atoms with van der Waals surface area (Å²) in [6.07, 6.45) is 3.31. The predicted octanol–water partition coefficient (Wildman–Crippen LogP) is 2.63. The van der Waals surface area contributed by atoms with Gasteiger partial charge in [0.05, 0.1) is 0 Å². The lowest BCUT2D eigenvalue weighted by molar-refractivity contribution is 1.05. The van der Waals surface area contributed by atoms with E-state index in [1.165, 1.54) is 4.90 Å². The van der Waals surface area contributed by atoms with Crippen molar-refractivity contribution >= 4 is 11.8 Å². The Kier molecular flexibility index (Phi) is 2.57. The molecule has 0 spiro atoms. The number of hydrogen-bond donors (Lipinski definition) is 0. The largest absolute Gasteiger partial charge is 0.245 e. The SMILES string of the molecule is c1ccc(Sc2ccncn2)cc1. The Morgan fingerprint density at radius 2 is 1.85 bits per heavy atom. The van der Waals surface area contributed by atoms with Crippen molar-refractivity contribution in [3.8, 4) is 0 Å². The minimum Gasteiger partial charge on any atom is -0.245 e. The van der Waals surface area contributed by atoms with Crippen LogP contribution in [0.25, 0.3) is 0 Å². The number of benzene rings is 1. The summed E-state index contributed by atoms with van der Waals surface area (Å²) in [7, 11) is 0. The average molecular weight is 188 g/mol. The third-order valence-electron chi connectivity index (χ3n) is 1.52. The van der Waals surface area contributed by atoms with Gasteiger partial charge in [-0.05, 0) is 18.2 Å². The molecule has 0 aliphatic rings. The number of nitrogens with zero attached hydrogens (tertiary/aromatic N) is 2. The van der Waals surface area contributed by atoms with Crippen LogP contribution in [-0.2, 0) is 0 Å². The molecule has 1 heterocycles. The second-order valence-electron chi connectivity index (χ2n) is 2.46.